The Morgan fingerprint density at radius 1 is 0.981 bits per heavy atom. The number of halogens is 3. The number of piperidine rings is 1. The number of amides is 4. The Morgan fingerprint density at radius 3 is 2.15 bits per heavy atom. The second-order valence-corrected chi connectivity index (χ2v) is 14.2. The van der Waals surface area contributed by atoms with E-state index in [1.165, 1.54) is 4.90 Å². The molecule has 54 heavy (non-hydrogen) atoms. The Bertz CT molecular complexity index is 1860. The van der Waals surface area contributed by atoms with Crippen LogP contribution >= 0.6 is 0 Å². The second-order valence-electron chi connectivity index (χ2n) is 14.2. The number of nitrogens with one attached hydrogen (secondary N) is 1. The van der Waals surface area contributed by atoms with Gasteiger partial charge in [-0.15, -0.1) is 0 Å². The van der Waals surface area contributed by atoms with Crippen LogP contribution in [-0.2, 0) is 38.7 Å². The maximum Gasteiger partial charge on any atom is 0.430 e. The van der Waals surface area contributed by atoms with Gasteiger partial charge in [-0.25, -0.2) is 13.9 Å². The summed E-state index contributed by atoms with van der Waals surface area (Å²) in [4.78, 5) is 63.9. The number of aryl methyl sites for hydroxylation is 1. The van der Waals surface area contributed by atoms with Gasteiger partial charge in [-0.3, -0.25) is 19.3 Å². The first-order valence-corrected chi connectivity index (χ1v) is 17.8. The van der Waals surface area contributed by atoms with Crippen molar-refractivity contribution in [3.63, 3.8) is 0 Å². The van der Waals surface area contributed by atoms with Crippen LogP contribution in [0, 0.1) is 0 Å². The number of likely N-dealkylation sites (tertiary alicyclic amines) is 1. The minimum atomic E-state index is -5.19. The molecule has 3 aliphatic heterocycles. The quantitative estimate of drug-likeness (QED) is 0.255. The summed E-state index contributed by atoms with van der Waals surface area (Å²) >= 11 is 0. The van der Waals surface area contributed by atoms with E-state index in [-0.39, 0.29) is 49.1 Å². The van der Waals surface area contributed by atoms with Crippen molar-refractivity contribution in [1.29, 1.82) is 0 Å². The van der Waals surface area contributed by atoms with Gasteiger partial charge in [-0.05, 0) is 77.6 Å². The molecule has 0 unspecified atom stereocenters. The molecule has 4 amide bonds. The molecule has 14 nitrogen and oxygen atoms in total. The number of carbonyl (C=O) groups is 5. The molecule has 17 heteroatoms. The molecule has 2 aromatic carbocycles. The van der Waals surface area contributed by atoms with Gasteiger partial charge in [0.15, 0.2) is 17.9 Å². The summed E-state index contributed by atoms with van der Waals surface area (Å²) < 4.78 is 53.4. The van der Waals surface area contributed by atoms with Gasteiger partial charge in [0.05, 0.1) is 23.8 Å². The number of ether oxygens (including phenoxy) is 3. The fraction of sp³-hybridized carbons (Fsp3) is 0.514. The molecule has 2 saturated heterocycles. The summed E-state index contributed by atoms with van der Waals surface area (Å²) in [6, 6.07) is 12.6. The molecule has 2 fully saturated rings. The van der Waals surface area contributed by atoms with Crippen LogP contribution in [0.3, 0.4) is 0 Å². The average Bonchev–Trinajstić information content (AvgIpc) is 3.80. The lowest BCUT2D eigenvalue weighted by molar-refractivity contribution is -0.677. The van der Waals surface area contributed by atoms with Gasteiger partial charge >= 0.3 is 12.3 Å². The number of rotatable bonds is 9. The Labute approximate surface area is 309 Å². The van der Waals surface area contributed by atoms with Crippen LogP contribution in [0.2, 0.25) is 0 Å². The van der Waals surface area contributed by atoms with Crippen LogP contribution in [-0.4, -0.2) is 94.4 Å². The highest BCUT2D eigenvalue weighted by Crippen LogP contribution is 2.30. The van der Waals surface area contributed by atoms with E-state index in [9.17, 15) is 32.3 Å². The molecule has 6 rings (SSSR count). The van der Waals surface area contributed by atoms with E-state index in [0.717, 1.165) is 29.7 Å². The maximum atomic E-state index is 13.4. The summed E-state index contributed by atoms with van der Waals surface area (Å²) in [5.41, 5.74) is 1.93. The molecule has 292 valence electrons. The third kappa shape index (κ3) is 9.29. The number of para-hydroxylation sites is 1. The van der Waals surface area contributed by atoms with E-state index < -0.39 is 17.7 Å². The van der Waals surface area contributed by atoms with Crippen molar-refractivity contribution < 1.29 is 61.0 Å². The van der Waals surface area contributed by atoms with E-state index in [4.69, 9.17) is 24.1 Å². The number of imide groups is 1. The molecular formula is C37H44F3N5O9. The molecule has 3 aliphatic rings. The molecule has 1 atom stereocenters. The zero-order valence-corrected chi connectivity index (χ0v) is 30.6. The lowest BCUT2D eigenvalue weighted by Gasteiger charge is -2.33. The molecule has 4 heterocycles. The Kier molecular flexibility index (Phi) is 12.2. The molecule has 1 aromatic heterocycles. The number of imidazole rings is 1. The number of aliphatic carboxylic acids is 1. The highest BCUT2D eigenvalue weighted by atomic mass is 19.4. The van der Waals surface area contributed by atoms with Crippen molar-refractivity contribution >= 4 is 40.8 Å². The molecule has 0 aliphatic carbocycles. The van der Waals surface area contributed by atoms with Gasteiger partial charge in [0, 0.05) is 25.7 Å². The van der Waals surface area contributed by atoms with Crippen molar-refractivity contribution in [1.82, 2.24) is 19.7 Å². The van der Waals surface area contributed by atoms with Crippen molar-refractivity contribution in [2.75, 3.05) is 26.3 Å². The highest BCUT2D eigenvalue weighted by molar-refractivity contribution is 6.21. The number of carboxylic acids is 1. The van der Waals surface area contributed by atoms with Gasteiger partial charge in [-0.2, -0.15) is 13.2 Å². The first kappa shape index (κ1) is 40.0. The second kappa shape index (κ2) is 16.4. The Hall–Kier alpha value is -5.19. The number of aromatic nitrogens is 2. The fourth-order valence-electron chi connectivity index (χ4n) is 6.71. The number of nitrogens with zero attached hydrogens (tertiary/aromatic N) is 4. The highest BCUT2D eigenvalue weighted by Gasteiger charge is 2.40. The van der Waals surface area contributed by atoms with E-state index in [0.29, 0.717) is 62.5 Å². The van der Waals surface area contributed by atoms with E-state index in [1.807, 2.05) is 45.9 Å². The van der Waals surface area contributed by atoms with E-state index in [1.54, 1.807) is 29.2 Å². The van der Waals surface area contributed by atoms with Crippen molar-refractivity contribution in [2.45, 2.75) is 96.9 Å². The van der Waals surface area contributed by atoms with E-state index in [2.05, 4.69) is 14.5 Å². The van der Waals surface area contributed by atoms with Crippen molar-refractivity contribution in [3.8, 4) is 5.75 Å². The van der Waals surface area contributed by atoms with Gasteiger partial charge in [0.25, 0.3) is 23.5 Å². The van der Waals surface area contributed by atoms with E-state index >= 15 is 0 Å². The smallest absolute Gasteiger partial charge is 0.430 e. The zero-order valence-electron chi connectivity index (χ0n) is 30.6. The van der Waals surface area contributed by atoms with Crippen LogP contribution in [0.4, 0.5) is 18.0 Å². The predicted octanol–water partition coefficient (Wildman–Crippen LogP) is 3.12. The third-order valence-electron chi connectivity index (χ3n) is 9.17. The molecular weight excluding hydrogens is 715 g/mol. The fourth-order valence-corrected chi connectivity index (χ4v) is 6.71. The van der Waals surface area contributed by atoms with Crippen LogP contribution in [0.15, 0.2) is 42.5 Å². The normalized spacial score (nSPS) is 17.6. The van der Waals surface area contributed by atoms with Gasteiger partial charge in [-0.1, -0.05) is 18.2 Å². The molecule has 0 bridgehead atoms. The average molecular weight is 760 g/mol. The number of carboxylic acid groups (broad SMARTS) is 1. The van der Waals surface area contributed by atoms with Crippen molar-refractivity contribution in [2.24, 2.45) is 0 Å². The Morgan fingerprint density at radius 2 is 1.61 bits per heavy atom. The standard InChI is InChI=1S/C35H43N5O7.C2HF3O2/c1-5-38-30(21-40-32(42)25-11-6-7-12-26(25)33(40)43)39(20-24-10-9-19-45-24)27-13-8-14-28(31(27)38)46-22-29(41)36-23-15-17-37(18-16-23)34(44)47-35(2,3)4;3-2(4,5)1(6)7/h6-8,11-14,23-24H,5,9-10,15-22H2,1-4H3;(H,6,7)/t24-;/m0./s1. The first-order chi connectivity index (χ1) is 25.5. The SMILES string of the molecule is CC[n+]1c(CN2C(=O)c3ccccc3C2=O)n(C[C@@H]2CCCO2)c2cccc(OCC(=O)NC3CCN(C(=O)OC(C)(C)C)CC3)c21.O=C([O-])C(F)(F)F. The van der Waals surface area contributed by atoms with Gasteiger partial charge in [0.1, 0.15) is 24.7 Å². The number of fused-ring (bicyclic) bond motifs is 2. The molecule has 0 saturated carbocycles. The first-order valence-electron chi connectivity index (χ1n) is 17.8. The molecule has 0 radical (unpaired) electrons. The lowest BCUT2D eigenvalue weighted by atomic mass is 10.1. The topological polar surface area (TPSA) is 163 Å². The van der Waals surface area contributed by atoms with Gasteiger partial charge < -0.3 is 34.3 Å². The zero-order chi connectivity index (χ0) is 39.4. The number of alkyl halides is 3. The minimum Gasteiger partial charge on any atom is -0.542 e. The summed E-state index contributed by atoms with van der Waals surface area (Å²) in [5, 5.41) is 11.8. The largest absolute Gasteiger partial charge is 0.542 e. The van der Waals surface area contributed by atoms with Crippen LogP contribution in [0.5, 0.6) is 5.75 Å². The number of hydrogen-bond acceptors (Lipinski definition) is 9. The van der Waals surface area contributed by atoms with Crippen LogP contribution < -0.4 is 19.7 Å². The summed E-state index contributed by atoms with van der Waals surface area (Å²) in [5.74, 6) is -2.56. The maximum absolute atomic E-state index is 13.4. The number of hydrogen-bond donors (Lipinski definition) is 1. The van der Waals surface area contributed by atoms with Crippen LogP contribution in [0.25, 0.3) is 11.0 Å². The molecule has 0 spiro atoms. The summed E-state index contributed by atoms with van der Waals surface area (Å²) in [6.45, 7) is 10.3. The van der Waals surface area contributed by atoms with Crippen LogP contribution in [0.1, 0.15) is 79.9 Å². The van der Waals surface area contributed by atoms with Gasteiger partial charge in [0.2, 0.25) is 5.52 Å². The minimum absolute atomic E-state index is 0.00826. The predicted molar refractivity (Wildman–Crippen MR) is 183 cm³/mol. The Balaban J connectivity index is 0.000000730. The number of carbonyl (C=O) groups excluding carboxylic acids is 5. The van der Waals surface area contributed by atoms with Crippen molar-refractivity contribution in [3.05, 3.63) is 59.4 Å². The third-order valence-corrected chi connectivity index (χ3v) is 9.17. The molecule has 3 aromatic rings. The molecule has 1 N–H and O–H groups in total. The lowest BCUT2D eigenvalue weighted by Crippen LogP contribution is -2.48. The monoisotopic (exact) mass is 759 g/mol. The number of benzene rings is 2. The summed E-state index contributed by atoms with van der Waals surface area (Å²) in [6.07, 6.45) is -2.36. The summed E-state index contributed by atoms with van der Waals surface area (Å²) in [7, 11) is 0.